The summed E-state index contributed by atoms with van der Waals surface area (Å²) in [6.07, 6.45) is 6.52. The molecule has 0 saturated heterocycles. The quantitative estimate of drug-likeness (QED) is 0.495. The second kappa shape index (κ2) is 2.02. The molecule has 42 valence electrons. The van der Waals surface area contributed by atoms with Crippen molar-refractivity contribution < 1.29 is 0 Å². The van der Waals surface area contributed by atoms with Crippen molar-refractivity contribution in [1.29, 1.82) is 5.26 Å². The third kappa shape index (κ3) is 0.756. The van der Waals surface area contributed by atoms with Crippen LogP contribution in [0, 0.1) is 23.7 Å². The van der Waals surface area contributed by atoms with E-state index in [2.05, 4.69) is 16.1 Å². The monoisotopic (exact) mass is 117 g/mol. The van der Waals surface area contributed by atoms with Crippen molar-refractivity contribution in [2.24, 2.45) is 0 Å². The molecule has 0 atom stereocenters. The Morgan fingerprint density at radius 3 is 3.00 bits per heavy atom. The molecule has 0 aromatic carbocycles. The third-order valence-electron chi connectivity index (χ3n) is 0.902. The Balaban J connectivity index is 3.22. The second-order valence-electron chi connectivity index (χ2n) is 1.40. The average Bonchev–Trinajstić information content (AvgIpc) is 2.33. The van der Waals surface area contributed by atoms with Crippen LogP contribution in [0.15, 0.2) is 6.20 Å². The molecule has 0 aliphatic carbocycles. The fourth-order valence-electron chi connectivity index (χ4n) is 0.485. The van der Waals surface area contributed by atoms with Gasteiger partial charge in [-0.1, -0.05) is 5.92 Å². The summed E-state index contributed by atoms with van der Waals surface area (Å²) >= 11 is 0. The Kier molecular flexibility index (Phi) is 1.21. The molecule has 9 heavy (non-hydrogen) atoms. The van der Waals surface area contributed by atoms with Crippen molar-refractivity contribution in [2.75, 3.05) is 0 Å². The molecule has 0 aliphatic heterocycles. The standard InChI is InChI=1S/C6H3N3/c1-2-5-4-8-9-6(5)3-7/h1,4H,(H,8,9). The highest BCUT2D eigenvalue weighted by atomic mass is 15.1. The highest BCUT2D eigenvalue weighted by Gasteiger charge is 1.98. The molecule has 0 amide bonds. The zero-order valence-electron chi connectivity index (χ0n) is 4.55. The zero-order chi connectivity index (χ0) is 6.69. The minimum absolute atomic E-state index is 0.275. The fraction of sp³-hybridized carbons (Fsp3) is 0. The number of aromatic nitrogens is 2. The van der Waals surface area contributed by atoms with Gasteiger partial charge in [-0.25, -0.2) is 0 Å². The van der Waals surface area contributed by atoms with Crippen molar-refractivity contribution in [3.05, 3.63) is 17.5 Å². The van der Waals surface area contributed by atoms with Gasteiger partial charge >= 0.3 is 0 Å². The van der Waals surface area contributed by atoms with Gasteiger partial charge in [-0.05, 0) is 0 Å². The molecule has 3 heteroatoms. The lowest BCUT2D eigenvalue weighted by atomic mass is 10.3. The molecule has 0 bridgehead atoms. The van der Waals surface area contributed by atoms with Gasteiger partial charge in [-0.2, -0.15) is 10.4 Å². The van der Waals surface area contributed by atoms with E-state index in [0.717, 1.165) is 0 Å². The van der Waals surface area contributed by atoms with Crippen molar-refractivity contribution in [1.82, 2.24) is 10.2 Å². The summed E-state index contributed by atoms with van der Waals surface area (Å²) in [7, 11) is 0. The second-order valence-corrected chi connectivity index (χ2v) is 1.40. The normalized spacial score (nSPS) is 7.78. The van der Waals surface area contributed by atoms with Crippen molar-refractivity contribution in [2.45, 2.75) is 0 Å². The topological polar surface area (TPSA) is 52.5 Å². The fourth-order valence-corrected chi connectivity index (χ4v) is 0.485. The maximum atomic E-state index is 8.31. The molecule has 0 aliphatic rings. The van der Waals surface area contributed by atoms with Crippen LogP contribution >= 0.6 is 0 Å². The van der Waals surface area contributed by atoms with Gasteiger partial charge in [0, 0.05) is 6.20 Å². The van der Waals surface area contributed by atoms with Crippen LogP contribution in [-0.4, -0.2) is 10.2 Å². The summed E-state index contributed by atoms with van der Waals surface area (Å²) in [4.78, 5) is 0. The van der Waals surface area contributed by atoms with Crippen LogP contribution < -0.4 is 0 Å². The highest BCUT2D eigenvalue weighted by molar-refractivity contribution is 5.40. The lowest BCUT2D eigenvalue weighted by Crippen LogP contribution is -1.75. The maximum absolute atomic E-state index is 8.31. The van der Waals surface area contributed by atoms with Crippen LogP contribution in [0.3, 0.4) is 0 Å². The summed E-state index contributed by atoms with van der Waals surface area (Å²) in [5, 5.41) is 14.4. The lowest BCUT2D eigenvalue weighted by Gasteiger charge is -1.73. The minimum Gasteiger partial charge on any atom is -0.283 e. The van der Waals surface area contributed by atoms with Gasteiger partial charge in [0.1, 0.15) is 6.07 Å². The van der Waals surface area contributed by atoms with E-state index in [1.165, 1.54) is 6.20 Å². The molecule has 1 heterocycles. The van der Waals surface area contributed by atoms with Gasteiger partial charge in [-0.3, -0.25) is 5.10 Å². The Hall–Kier alpha value is -1.74. The SMILES string of the molecule is C#Cc1c[nH]nc1C#N. The summed E-state index contributed by atoms with van der Waals surface area (Å²) in [5.74, 6) is 2.31. The first-order valence-electron chi connectivity index (χ1n) is 2.29. The van der Waals surface area contributed by atoms with E-state index in [0.29, 0.717) is 5.56 Å². The van der Waals surface area contributed by atoms with E-state index in [9.17, 15) is 0 Å². The molecule has 0 fully saturated rings. The number of hydrogen-bond donors (Lipinski definition) is 1. The predicted molar refractivity (Wildman–Crippen MR) is 31.2 cm³/mol. The number of nitrogens with zero attached hydrogens (tertiary/aromatic N) is 2. The Morgan fingerprint density at radius 2 is 2.56 bits per heavy atom. The number of nitriles is 1. The Labute approximate surface area is 52.3 Å². The van der Waals surface area contributed by atoms with Crippen LogP contribution in [0.1, 0.15) is 11.3 Å². The van der Waals surface area contributed by atoms with E-state index in [-0.39, 0.29) is 5.69 Å². The van der Waals surface area contributed by atoms with E-state index >= 15 is 0 Å². The van der Waals surface area contributed by atoms with Gasteiger partial charge in [0.2, 0.25) is 0 Å². The van der Waals surface area contributed by atoms with Crippen LogP contribution in [0.5, 0.6) is 0 Å². The summed E-state index contributed by atoms with van der Waals surface area (Å²) in [6.45, 7) is 0. The lowest BCUT2D eigenvalue weighted by molar-refractivity contribution is 1.07. The van der Waals surface area contributed by atoms with E-state index in [1.54, 1.807) is 0 Å². The van der Waals surface area contributed by atoms with Gasteiger partial charge in [0.05, 0.1) is 5.56 Å². The van der Waals surface area contributed by atoms with Gasteiger partial charge in [-0.15, -0.1) is 6.42 Å². The smallest absolute Gasteiger partial charge is 0.177 e. The molecule has 1 N–H and O–H groups in total. The summed E-state index contributed by atoms with van der Waals surface area (Å²) < 4.78 is 0. The molecule has 3 nitrogen and oxygen atoms in total. The number of rotatable bonds is 0. The molecular weight excluding hydrogens is 114 g/mol. The van der Waals surface area contributed by atoms with Crippen molar-refractivity contribution in [3.8, 4) is 18.4 Å². The Bertz CT molecular complexity index is 255. The molecule has 0 saturated carbocycles. The number of hydrogen-bond acceptors (Lipinski definition) is 2. The first-order chi connectivity index (χ1) is 4.38. The molecule has 0 unspecified atom stereocenters. The molecule has 1 aromatic heterocycles. The number of terminal acetylenes is 1. The van der Waals surface area contributed by atoms with Crippen LogP contribution in [0.25, 0.3) is 0 Å². The minimum atomic E-state index is 0.275. The van der Waals surface area contributed by atoms with E-state index < -0.39 is 0 Å². The number of H-pyrrole nitrogens is 1. The van der Waals surface area contributed by atoms with Crippen LogP contribution in [-0.2, 0) is 0 Å². The van der Waals surface area contributed by atoms with E-state index in [4.69, 9.17) is 11.7 Å². The molecule has 1 rings (SSSR count). The Morgan fingerprint density at radius 1 is 1.78 bits per heavy atom. The van der Waals surface area contributed by atoms with Crippen molar-refractivity contribution in [3.63, 3.8) is 0 Å². The largest absolute Gasteiger partial charge is 0.283 e. The first kappa shape index (κ1) is 5.40. The van der Waals surface area contributed by atoms with Gasteiger partial charge in [0.25, 0.3) is 0 Å². The van der Waals surface area contributed by atoms with E-state index in [1.807, 2.05) is 6.07 Å². The summed E-state index contributed by atoms with van der Waals surface area (Å²) in [5.41, 5.74) is 0.787. The third-order valence-corrected chi connectivity index (χ3v) is 0.902. The number of aromatic amines is 1. The first-order valence-corrected chi connectivity index (χ1v) is 2.29. The van der Waals surface area contributed by atoms with Gasteiger partial charge in [0.15, 0.2) is 5.69 Å². The predicted octanol–water partition coefficient (Wildman–Crippen LogP) is 0.263. The molecule has 1 aromatic rings. The number of nitrogens with one attached hydrogen (secondary N) is 1. The average molecular weight is 117 g/mol. The molecule has 0 spiro atoms. The summed E-state index contributed by atoms with van der Waals surface area (Å²) in [6, 6.07) is 1.84. The van der Waals surface area contributed by atoms with Gasteiger partial charge < -0.3 is 0 Å². The zero-order valence-corrected chi connectivity index (χ0v) is 4.55. The van der Waals surface area contributed by atoms with Crippen LogP contribution in [0.2, 0.25) is 0 Å². The molecule has 0 radical (unpaired) electrons. The highest BCUT2D eigenvalue weighted by Crippen LogP contribution is 1.98. The van der Waals surface area contributed by atoms with Crippen LogP contribution in [0.4, 0.5) is 0 Å². The molecular formula is C6H3N3. The maximum Gasteiger partial charge on any atom is 0.177 e. The van der Waals surface area contributed by atoms with Crippen molar-refractivity contribution >= 4 is 0 Å².